The Labute approximate surface area is 86.7 Å². The molecular formula is C12H22O2. The fourth-order valence-corrected chi connectivity index (χ4v) is 2.58. The van der Waals surface area contributed by atoms with Gasteiger partial charge in [0.2, 0.25) is 0 Å². The summed E-state index contributed by atoms with van der Waals surface area (Å²) in [6.45, 7) is 4.18. The minimum Gasteiger partial charge on any atom is -0.392 e. The fraction of sp³-hybridized carbons (Fsp3) is 0.917. The minimum atomic E-state index is -0.380. The molecule has 2 heteroatoms. The van der Waals surface area contributed by atoms with Crippen molar-refractivity contribution in [1.29, 1.82) is 0 Å². The van der Waals surface area contributed by atoms with Crippen LogP contribution in [0.15, 0.2) is 0 Å². The van der Waals surface area contributed by atoms with Gasteiger partial charge < -0.3 is 5.11 Å². The largest absolute Gasteiger partial charge is 0.392 e. The van der Waals surface area contributed by atoms with Gasteiger partial charge in [0.1, 0.15) is 5.78 Å². The maximum absolute atomic E-state index is 11.8. The molecule has 1 N–H and O–H groups in total. The molecular weight excluding hydrogens is 176 g/mol. The highest BCUT2D eigenvalue weighted by molar-refractivity contribution is 5.87. The molecule has 0 unspecified atom stereocenters. The van der Waals surface area contributed by atoms with Crippen LogP contribution in [0.4, 0.5) is 0 Å². The van der Waals surface area contributed by atoms with Crippen LogP contribution in [0, 0.1) is 5.41 Å². The first-order chi connectivity index (χ1) is 6.67. The van der Waals surface area contributed by atoms with Crippen molar-refractivity contribution in [2.24, 2.45) is 5.41 Å². The number of carbonyl (C=O) groups excluding carboxylic acids is 1. The van der Waals surface area contributed by atoms with Crippen LogP contribution in [-0.2, 0) is 4.79 Å². The molecule has 0 saturated heterocycles. The van der Waals surface area contributed by atoms with Crippen LogP contribution in [-0.4, -0.2) is 17.0 Å². The van der Waals surface area contributed by atoms with Crippen LogP contribution >= 0.6 is 0 Å². The lowest BCUT2D eigenvalue weighted by molar-refractivity contribution is -0.130. The van der Waals surface area contributed by atoms with E-state index in [4.69, 9.17) is 0 Å². The van der Waals surface area contributed by atoms with Gasteiger partial charge in [0.05, 0.1) is 11.5 Å². The molecule has 1 aliphatic carbocycles. The van der Waals surface area contributed by atoms with Crippen molar-refractivity contribution in [3.05, 3.63) is 0 Å². The van der Waals surface area contributed by atoms with E-state index in [1.54, 1.807) is 0 Å². The van der Waals surface area contributed by atoms with Crippen molar-refractivity contribution in [3.63, 3.8) is 0 Å². The Hall–Kier alpha value is -0.370. The highest BCUT2D eigenvalue weighted by Gasteiger charge is 2.46. The Morgan fingerprint density at radius 3 is 2.57 bits per heavy atom. The number of ketones is 1. The van der Waals surface area contributed by atoms with Crippen LogP contribution in [0.1, 0.15) is 58.8 Å². The first kappa shape index (κ1) is 11.7. The third kappa shape index (κ3) is 2.00. The smallest absolute Gasteiger partial charge is 0.141 e. The van der Waals surface area contributed by atoms with E-state index in [2.05, 4.69) is 6.92 Å². The summed E-state index contributed by atoms with van der Waals surface area (Å²) in [6.07, 6.45) is 5.99. The van der Waals surface area contributed by atoms with Crippen LogP contribution in [0.25, 0.3) is 0 Å². The number of carbonyl (C=O) groups is 1. The van der Waals surface area contributed by atoms with Crippen molar-refractivity contribution in [2.75, 3.05) is 0 Å². The zero-order valence-electron chi connectivity index (χ0n) is 9.38. The molecule has 1 aliphatic rings. The molecule has 0 aliphatic heterocycles. The second-order valence-electron chi connectivity index (χ2n) is 4.44. The van der Waals surface area contributed by atoms with E-state index < -0.39 is 0 Å². The monoisotopic (exact) mass is 198 g/mol. The predicted octanol–water partition coefficient (Wildman–Crippen LogP) is 2.69. The molecule has 0 bridgehead atoms. The molecule has 0 aromatic carbocycles. The van der Waals surface area contributed by atoms with Gasteiger partial charge in [-0.3, -0.25) is 4.79 Å². The Morgan fingerprint density at radius 1 is 1.43 bits per heavy atom. The molecule has 0 amide bonds. The molecule has 82 valence electrons. The van der Waals surface area contributed by atoms with E-state index in [9.17, 15) is 9.90 Å². The minimum absolute atomic E-state index is 0.295. The van der Waals surface area contributed by atoms with Crippen LogP contribution in [0.2, 0.25) is 0 Å². The fourth-order valence-electron chi connectivity index (χ4n) is 2.58. The normalized spacial score (nSPS) is 32.5. The Kier molecular flexibility index (Phi) is 4.11. The van der Waals surface area contributed by atoms with Crippen LogP contribution < -0.4 is 0 Å². The third-order valence-electron chi connectivity index (χ3n) is 3.70. The molecule has 0 spiro atoms. The molecule has 0 aromatic rings. The molecule has 2 atom stereocenters. The van der Waals surface area contributed by atoms with Gasteiger partial charge in [0.25, 0.3) is 0 Å². The molecule has 1 saturated carbocycles. The van der Waals surface area contributed by atoms with E-state index in [1.807, 2.05) is 6.92 Å². The molecule has 14 heavy (non-hydrogen) atoms. The average Bonchev–Trinajstić information content (AvgIpc) is 2.46. The lowest BCUT2D eigenvalue weighted by Crippen LogP contribution is -2.35. The van der Waals surface area contributed by atoms with Gasteiger partial charge in [0, 0.05) is 6.42 Å². The molecule has 1 rings (SSSR count). The van der Waals surface area contributed by atoms with E-state index in [-0.39, 0.29) is 11.5 Å². The number of rotatable bonds is 5. The number of hydrogen-bond donors (Lipinski definition) is 1. The van der Waals surface area contributed by atoms with Crippen molar-refractivity contribution < 1.29 is 9.90 Å². The van der Waals surface area contributed by atoms with Gasteiger partial charge in [-0.2, -0.15) is 0 Å². The summed E-state index contributed by atoms with van der Waals surface area (Å²) in [5.74, 6) is 0.295. The SMILES string of the molecule is CCCCC[C@@]1(CC)C(=O)CC[C@H]1O. The number of aliphatic hydroxyl groups is 1. The summed E-state index contributed by atoms with van der Waals surface area (Å²) in [7, 11) is 0. The second kappa shape index (κ2) is 4.92. The second-order valence-corrected chi connectivity index (χ2v) is 4.44. The van der Waals surface area contributed by atoms with Crippen molar-refractivity contribution in [2.45, 2.75) is 64.9 Å². The van der Waals surface area contributed by atoms with E-state index in [0.717, 1.165) is 19.3 Å². The number of Topliss-reactive ketones (excluding diaryl/α,β-unsaturated/α-hetero) is 1. The molecule has 0 radical (unpaired) electrons. The third-order valence-corrected chi connectivity index (χ3v) is 3.70. The number of aliphatic hydroxyl groups excluding tert-OH is 1. The topological polar surface area (TPSA) is 37.3 Å². The van der Waals surface area contributed by atoms with E-state index in [1.165, 1.54) is 12.8 Å². The zero-order chi connectivity index (χ0) is 10.6. The molecule has 0 aromatic heterocycles. The lowest BCUT2D eigenvalue weighted by atomic mass is 9.76. The van der Waals surface area contributed by atoms with Gasteiger partial charge in [-0.05, 0) is 19.3 Å². The zero-order valence-corrected chi connectivity index (χ0v) is 9.38. The van der Waals surface area contributed by atoms with Gasteiger partial charge in [-0.1, -0.05) is 33.1 Å². The maximum Gasteiger partial charge on any atom is 0.141 e. The first-order valence-corrected chi connectivity index (χ1v) is 5.88. The highest BCUT2D eigenvalue weighted by atomic mass is 16.3. The van der Waals surface area contributed by atoms with Crippen molar-refractivity contribution in [3.8, 4) is 0 Å². The Morgan fingerprint density at radius 2 is 2.14 bits per heavy atom. The molecule has 0 heterocycles. The summed E-state index contributed by atoms with van der Waals surface area (Å²) in [5, 5.41) is 9.89. The van der Waals surface area contributed by atoms with Crippen LogP contribution in [0.5, 0.6) is 0 Å². The summed E-state index contributed by atoms with van der Waals surface area (Å²) < 4.78 is 0. The summed E-state index contributed by atoms with van der Waals surface area (Å²) in [4.78, 5) is 11.8. The lowest BCUT2D eigenvalue weighted by Gasteiger charge is -2.29. The highest BCUT2D eigenvalue weighted by Crippen LogP contribution is 2.42. The molecule has 1 fully saturated rings. The summed E-state index contributed by atoms with van der Waals surface area (Å²) >= 11 is 0. The maximum atomic E-state index is 11.8. The standard InChI is InChI=1S/C12H22O2/c1-3-5-6-9-12(4-2)10(13)7-8-11(12)14/h10,13H,3-9H2,1-2H3/t10-,12-/m1/s1. The van der Waals surface area contributed by atoms with E-state index >= 15 is 0 Å². The Bertz CT molecular complexity index is 200. The van der Waals surface area contributed by atoms with E-state index in [0.29, 0.717) is 18.6 Å². The quantitative estimate of drug-likeness (QED) is 0.690. The van der Waals surface area contributed by atoms with Crippen molar-refractivity contribution >= 4 is 5.78 Å². The Balaban J connectivity index is 2.59. The van der Waals surface area contributed by atoms with Gasteiger partial charge >= 0.3 is 0 Å². The van der Waals surface area contributed by atoms with Crippen molar-refractivity contribution in [1.82, 2.24) is 0 Å². The molecule has 2 nitrogen and oxygen atoms in total. The van der Waals surface area contributed by atoms with Gasteiger partial charge in [0.15, 0.2) is 0 Å². The van der Waals surface area contributed by atoms with Gasteiger partial charge in [-0.25, -0.2) is 0 Å². The first-order valence-electron chi connectivity index (χ1n) is 5.88. The number of unbranched alkanes of at least 4 members (excludes halogenated alkanes) is 2. The predicted molar refractivity (Wildman–Crippen MR) is 57.1 cm³/mol. The summed E-state index contributed by atoms with van der Waals surface area (Å²) in [5.41, 5.74) is -0.380. The van der Waals surface area contributed by atoms with Gasteiger partial charge in [-0.15, -0.1) is 0 Å². The number of hydrogen-bond acceptors (Lipinski definition) is 2. The van der Waals surface area contributed by atoms with Crippen LogP contribution in [0.3, 0.4) is 0 Å². The summed E-state index contributed by atoms with van der Waals surface area (Å²) in [6, 6.07) is 0. The average molecular weight is 198 g/mol.